The zero-order valence-corrected chi connectivity index (χ0v) is 11.4. The molecule has 0 aliphatic rings. The lowest BCUT2D eigenvalue weighted by Gasteiger charge is -2.04. The Morgan fingerprint density at radius 2 is 1.44 bits per heavy atom. The van der Waals surface area contributed by atoms with E-state index in [2.05, 4.69) is 6.92 Å². The van der Waals surface area contributed by atoms with Gasteiger partial charge >= 0.3 is 0 Å². The first kappa shape index (κ1) is 16.7. The first-order valence-electron chi connectivity index (χ1n) is 7.04. The molecule has 104 valence electrons. The van der Waals surface area contributed by atoms with Crippen LogP contribution in [0.1, 0.15) is 71.1 Å². The number of nitriles is 1. The van der Waals surface area contributed by atoms with E-state index in [0.29, 0.717) is 5.01 Å². The third-order valence-corrected chi connectivity index (χ3v) is 3.04. The smallest absolute Gasteiger partial charge is 0.234 e. The summed E-state index contributed by atoms with van der Waals surface area (Å²) in [5, 5.41) is 18.8. The fourth-order valence-corrected chi connectivity index (χ4v) is 1.92. The van der Waals surface area contributed by atoms with Crippen LogP contribution < -0.4 is 0 Å². The Labute approximate surface area is 110 Å². The largest absolute Gasteiger partial charge is 0.244 e. The van der Waals surface area contributed by atoms with Gasteiger partial charge < -0.3 is 0 Å². The zero-order chi connectivity index (χ0) is 13.6. The second-order valence-electron chi connectivity index (χ2n) is 4.64. The van der Waals surface area contributed by atoms with Crippen molar-refractivity contribution in [2.24, 2.45) is 0 Å². The van der Waals surface area contributed by atoms with Crippen LogP contribution in [0, 0.1) is 21.6 Å². The van der Waals surface area contributed by atoms with E-state index in [0.717, 1.165) is 19.3 Å². The average Bonchev–Trinajstić information content (AvgIpc) is 2.35. The van der Waals surface area contributed by atoms with Gasteiger partial charge in [-0.1, -0.05) is 64.7 Å². The minimum absolute atomic E-state index is 0.236. The van der Waals surface area contributed by atoms with Crippen LogP contribution in [0.3, 0.4) is 0 Å². The monoisotopic (exact) mass is 255 g/mol. The molecule has 0 amide bonds. The molecule has 0 heterocycles. The fraction of sp³-hybridized carbons (Fsp3) is 0.923. The van der Waals surface area contributed by atoms with Crippen molar-refractivity contribution in [1.82, 2.24) is 5.01 Å². The lowest BCUT2D eigenvalue weighted by Crippen LogP contribution is -2.25. The molecule has 18 heavy (non-hydrogen) atoms. The van der Waals surface area contributed by atoms with Gasteiger partial charge in [0.1, 0.15) is 0 Å². The van der Waals surface area contributed by atoms with E-state index in [-0.39, 0.29) is 6.54 Å². The molecule has 0 radical (unpaired) electrons. The molecule has 0 saturated carbocycles. The van der Waals surface area contributed by atoms with Gasteiger partial charge in [-0.2, -0.15) is 5.26 Å². The molecule has 0 aliphatic heterocycles. The molecule has 0 aromatic rings. The Balaban J connectivity index is 3.21. The fourth-order valence-electron chi connectivity index (χ4n) is 1.92. The predicted octanol–water partition coefficient (Wildman–Crippen LogP) is 3.88. The molecule has 0 aromatic heterocycles. The molecule has 5 heteroatoms. The number of rotatable bonds is 12. The highest BCUT2D eigenvalue weighted by molar-refractivity contribution is 4.63. The Hall–Kier alpha value is -1.31. The third-order valence-electron chi connectivity index (χ3n) is 3.04. The summed E-state index contributed by atoms with van der Waals surface area (Å²) >= 11 is 0. The van der Waals surface area contributed by atoms with E-state index < -0.39 is 5.03 Å². The minimum Gasteiger partial charge on any atom is -0.234 e. The lowest BCUT2D eigenvalue weighted by molar-refractivity contribution is -0.635. The van der Waals surface area contributed by atoms with Gasteiger partial charge in [-0.25, -0.2) is 10.1 Å². The Kier molecular flexibility index (Phi) is 11.3. The Bertz CT molecular complexity index is 251. The SMILES string of the molecule is CCCCCCCCCCCCN(C#N)[N+](=O)[O-]. The molecular formula is C13H25N3O2. The van der Waals surface area contributed by atoms with E-state index >= 15 is 0 Å². The number of hydrogen-bond donors (Lipinski definition) is 0. The van der Waals surface area contributed by atoms with Gasteiger partial charge in [0.25, 0.3) is 0 Å². The highest BCUT2D eigenvalue weighted by Gasteiger charge is 2.11. The predicted molar refractivity (Wildman–Crippen MR) is 71.2 cm³/mol. The van der Waals surface area contributed by atoms with Crippen molar-refractivity contribution in [3.05, 3.63) is 10.1 Å². The van der Waals surface area contributed by atoms with Crippen LogP contribution in [0.5, 0.6) is 0 Å². The molecule has 0 N–H and O–H groups in total. The van der Waals surface area contributed by atoms with Gasteiger partial charge in [-0.15, -0.1) is 0 Å². The van der Waals surface area contributed by atoms with Crippen molar-refractivity contribution >= 4 is 0 Å². The number of unbranched alkanes of at least 4 members (excludes halogenated alkanes) is 9. The van der Waals surface area contributed by atoms with E-state index in [1.165, 1.54) is 44.9 Å². The molecule has 0 aromatic carbocycles. The quantitative estimate of drug-likeness (QED) is 0.174. The van der Waals surface area contributed by atoms with E-state index in [1.54, 1.807) is 6.19 Å². The van der Waals surface area contributed by atoms with Crippen LogP contribution in [0.25, 0.3) is 0 Å². The van der Waals surface area contributed by atoms with Crippen molar-refractivity contribution in [1.29, 1.82) is 5.26 Å². The molecule has 5 nitrogen and oxygen atoms in total. The summed E-state index contributed by atoms with van der Waals surface area (Å²) in [7, 11) is 0. The topological polar surface area (TPSA) is 70.2 Å². The lowest BCUT2D eigenvalue weighted by atomic mass is 10.1. The second-order valence-corrected chi connectivity index (χ2v) is 4.64. The van der Waals surface area contributed by atoms with E-state index in [9.17, 15) is 10.1 Å². The first-order valence-corrected chi connectivity index (χ1v) is 7.04. The van der Waals surface area contributed by atoms with Crippen molar-refractivity contribution in [3.63, 3.8) is 0 Å². The molecular weight excluding hydrogens is 230 g/mol. The Morgan fingerprint density at radius 1 is 1.00 bits per heavy atom. The van der Waals surface area contributed by atoms with Crippen LogP contribution in [0.15, 0.2) is 0 Å². The van der Waals surface area contributed by atoms with Gasteiger partial charge in [0.05, 0.1) is 6.54 Å². The van der Waals surface area contributed by atoms with E-state index in [4.69, 9.17) is 5.26 Å². The molecule has 0 bridgehead atoms. The standard InChI is InChI=1S/C13H25N3O2/c1-2-3-4-5-6-7-8-9-10-11-12-15(13-14)16(17)18/h2-12H2,1H3. The van der Waals surface area contributed by atoms with Gasteiger partial charge in [0, 0.05) is 0 Å². The van der Waals surface area contributed by atoms with Crippen LogP contribution in [-0.2, 0) is 0 Å². The maximum atomic E-state index is 10.3. The van der Waals surface area contributed by atoms with Gasteiger partial charge in [0.2, 0.25) is 6.19 Å². The highest BCUT2D eigenvalue weighted by atomic mass is 16.7. The normalized spacial score (nSPS) is 10.0. The van der Waals surface area contributed by atoms with Gasteiger partial charge in [-0.05, 0) is 11.4 Å². The van der Waals surface area contributed by atoms with Crippen LogP contribution in [0.4, 0.5) is 0 Å². The number of nitrogens with zero attached hydrogens (tertiary/aromatic N) is 3. The minimum atomic E-state index is -0.645. The van der Waals surface area contributed by atoms with Gasteiger partial charge in [0.15, 0.2) is 5.03 Å². The average molecular weight is 255 g/mol. The zero-order valence-electron chi connectivity index (χ0n) is 11.4. The van der Waals surface area contributed by atoms with Crippen LogP contribution in [0.2, 0.25) is 0 Å². The number of hydrogen-bond acceptors (Lipinski definition) is 3. The maximum absolute atomic E-state index is 10.3. The molecule has 0 rings (SSSR count). The molecule has 0 spiro atoms. The Morgan fingerprint density at radius 3 is 1.83 bits per heavy atom. The van der Waals surface area contributed by atoms with Crippen molar-refractivity contribution < 1.29 is 5.03 Å². The molecule has 0 saturated heterocycles. The summed E-state index contributed by atoms with van der Waals surface area (Å²) in [5.41, 5.74) is 0. The van der Waals surface area contributed by atoms with Crippen molar-refractivity contribution in [2.45, 2.75) is 71.1 Å². The summed E-state index contributed by atoms with van der Waals surface area (Å²) in [6.07, 6.45) is 13.5. The summed E-state index contributed by atoms with van der Waals surface area (Å²) < 4.78 is 0. The summed E-state index contributed by atoms with van der Waals surface area (Å²) in [6, 6.07) is 0. The summed E-state index contributed by atoms with van der Waals surface area (Å²) in [5.74, 6) is 0. The molecule has 0 unspecified atom stereocenters. The molecule has 0 aliphatic carbocycles. The van der Waals surface area contributed by atoms with Gasteiger partial charge in [-0.3, -0.25) is 0 Å². The van der Waals surface area contributed by atoms with Crippen LogP contribution >= 0.6 is 0 Å². The van der Waals surface area contributed by atoms with Crippen LogP contribution in [-0.4, -0.2) is 16.6 Å². The van der Waals surface area contributed by atoms with Crippen molar-refractivity contribution in [2.75, 3.05) is 6.54 Å². The highest BCUT2D eigenvalue weighted by Crippen LogP contribution is 2.10. The number of nitro groups is 1. The van der Waals surface area contributed by atoms with Crippen molar-refractivity contribution in [3.8, 4) is 6.19 Å². The summed E-state index contributed by atoms with van der Waals surface area (Å²) in [6.45, 7) is 2.45. The third kappa shape index (κ3) is 9.88. The number of hydrazine groups is 1. The molecule has 0 fully saturated rings. The first-order chi connectivity index (χ1) is 8.72. The molecule has 0 atom stereocenters. The van der Waals surface area contributed by atoms with E-state index in [1.807, 2.05) is 0 Å². The summed E-state index contributed by atoms with van der Waals surface area (Å²) in [4.78, 5) is 10.3. The second kappa shape index (κ2) is 12.2. The maximum Gasteiger partial charge on any atom is 0.244 e.